The molecular weight excluding hydrogens is 202 g/mol. The summed E-state index contributed by atoms with van der Waals surface area (Å²) in [5, 5.41) is 22.4. The van der Waals surface area contributed by atoms with Crippen molar-refractivity contribution in [3.8, 4) is 0 Å². The third-order valence-corrected chi connectivity index (χ3v) is 3.76. The van der Waals surface area contributed by atoms with E-state index in [0.29, 0.717) is 5.92 Å². The van der Waals surface area contributed by atoms with Crippen LogP contribution in [0.4, 0.5) is 0 Å². The maximum absolute atomic E-state index is 9.95. The number of nitrogens with one attached hydrogen (secondary N) is 1. The van der Waals surface area contributed by atoms with E-state index in [0.717, 1.165) is 38.6 Å². The molecule has 1 aliphatic carbocycles. The summed E-state index contributed by atoms with van der Waals surface area (Å²) >= 11 is 0. The van der Waals surface area contributed by atoms with Gasteiger partial charge < -0.3 is 15.5 Å². The predicted molar refractivity (Wildman–Crippen MR) is 66.4 cm³/mol. The second-order valence-electron chi connectivity index (χ2n) is 5.01. The molecule has 3 nitrogen and oxygen atoms in total. The Morgan fingerprint density at radius 1 is 1.25 bits per heavy atom. The lowest BCUT2D eigenvalue weighted by atomic mass is 10.0. The van der Waals surface area contributed by atoms with Crippen LogP contribution < -0.4 is 5.32 Å². The van der Waals surface area contributed by atoms with E-state index in [1.807, 2.05) is 0 Å². The molecule has 3 N–H and O–H groups in total. The van der Waals surface area contributed by atoms with Gasteiger partial charge in [0.1, 0.15) is 0 Å². The van der Waals surface area contributed by atoms with E-state index >= 15 is 0 Å². The quantitative estimate of drug-likeness (QED) is 0.607. The zero-order chi connectivity index (χ0) is 11.8. The van der Waals surface area contributed by atoms with E-state index in [9.17, 15) is 5.11 Å². The molecule has 1 rings (SSSR count). The summed E-state index contributed by atoms with van der Waals surface area (Å²) in [6.07, 6.45) is 7.46. The molecule has 0 heterocycles. The lowest BCUT2D eigenvalue weighted by molar-refractivity contribution is 0.116. The van der Waals surface area contributed by atoms with Gasteiger partial charge in [-0.25, -0.2) is 0 Å². The van der Waals surface area contributed by atoms with Crippen LogP contribution in [0.5, 0.6) is 0 Å². The second kappa shape index (κ2) is 8.04. The SMILES string of the molecule is CCC(CCO)CNC1CCCCCC1O. The Morgan fingerprint density at radius 3 is 2.69 bits per heavy atom. The van der Waals surface area contributed by atoms with Crippen molar-refractivity contribution in [3.05, 3.63) is 0 Å². The Labute approximate surface area is 99.3 Å². The summed E-state index contributed by atoms with van der Waals surface area (Å²) in [7, 11) is 0. The minimum Gasteiger partial charge on any atom is -0.396 e. The minimum atomic E-state index is -0.172. The topological polar surface area (TPSA) is 52.5 Å². The first-order valence-corrected chi connectivity index (χ1v) is 6.80. The highest BCUT2D eigenvalue weighted by atomic mass is 16.3. The van der Waals surface area contributed by atoms with Crippen molar-refractivity contribution in [2.24, 2.45) is 5.92 Å². The molecular formula is C13H27NO2. The molecule has 0 bridgehead atoms. The molecule has 0 radical (unpaired) electrons. The van der Waals surface area contributed by atoms with E-state index in [-0.39, 0.29) is 18.8 Å². The Balaban J connectivity index is 2.27. The number of aliphatic hydroxyl groups excluding tert-OH is 2. The standard InChI is InChI=1S/C13H27NO2/c1-2-11(8-9-15)10-14-12-6-4-3-5-7-13(12)16/h11-16H,2-10H2,1H3. The van der Waals surface area contributed by atoms with Crippen molar-refractivity contribution in [2.75, 3.05) is 13.2 Å². The fourth-order valence-corrected chi connectivity index (χ4v) is 2.48. The van der Waals surface area contributed by atoms with Crippen molar-refractivity contribution in [1.82, 2.24) is 5.32 Å². The van der Waals surface area contributed by atoms with E-state index in [1.165, 1.54) is 12.8 Å². The molecule has 1 fully saturated rings. The van der Waals surface area contributed by atoms with Crippen LogP contribution in [0.1, 0.15) is 51.9 Å². The van der Waals surface area contributed by atoms with Gasteiger partial charge in [-0.15, -0.1) is 0 Å². The van der Waals surface area contributed by atoms with Crippen LogP contribution in [0, 0.1) is 5.92 Å². The van der Waals surface area contributed by atoms with Gasteiger partial charge in [-0.3, -0.25) is 0 Å². The van der Waals surface area contributed by atoms with Gasteiger partial charge in [-0.05, 0) is 31.7 Å². The minimum absolute atomic E-state index is 0.172. The first-order chi connectivity index (χ1) is 7.77. The summed E-state index contributed by atoms with van der Waals surface area (Å²) < 4.78 is 0. The molecule has 1 aliphatic rings. The van der Waals surface area contributed by atoms with Crippen molar-refractivity contribution in [2.45, 2.75) is 64.0 Å². The van der Waals surface area contributed by atoms with Crippen molar-refractivity contribution in [3.63, 3.8) is 0 Å². The third-order valence-electron chi connectivity index (χ3n) is 3.76. The third kappa shape index (κ3) is 4.81. The van der Waals surface area contributed by atoms with Crippen LogP contribution in [0.15, 0.2) is 0 Å². The van der Waals surface area contributed by atoms with Gasteiger partial charge in [0.2, 0.25) is 0 Å². The van der Waals surface area contributed by atoms with Crippen LogP contribution >= 0.6 is 0 Å². The van der Waals surface area contributed by atoms with Crippen molar-refractivity contribution >= 4 is 0 Å². The lowest BCUT2D eigenvalue weighted by Gasteiger charge is -2.24. The highest BCUT2D eigenvalue weighted by molar-refractivity contribution is 4.79. The van der Waals surface area contributed by atoms with Gasteiger partial charge in [0.15, 0.2) is 0 Å². The monoisotopic (exact) mass is 229 g/mol. The van der Waals surface area contributed by atoms with Gasteiger partial charge in [-0.1, -0.05) is 32.6 Å². The summed E-state index contributed by atoms with van der Waals surface area (Å²) in [4.78, 5) is 0. The maximum atomic E-state index is 9.95. The summed E-state index contributed by atoms with van der Waals surface area (Å²) in [5.41, 5.74) is 0. The molecule has 0 aromatic heterocycles. The Morgan fingerprint density at radius 2 is 2.00 bits per heavy atom. The molecule has 0 amide bonds. The largest absolute Gasteiger partial charge is 0.396 e. The number of hydrogen-bond acceptors (Lipinski definition) is 3. The molecule has 3 unspecified atom stereocenters. The Hall–Kier alpha value is -0.120. The molecule has 0 aliphatic heterocycles. The Kier molecular flexibility index (Phi) is 7.01. The molecule has 0 saturated heterocycles. The highest BCUT2D eigenvalue weighted by Gasteiger charge is 2.21. The van der Waals surface area contributed by atoms with Gasteiger partial charge in [-0.2, -0.15) is 0 Å². The van der Waals surface area contributed by atoms with Crippen molar-refractivity contribution < 1.29 is 10.2 Å². The van der Waals surface area contributed by atoms with E-state index in [4.69, 9.17) is 5.11 Å². The fraction of sp³-hybridized carbons (Fsp3) is 1.00. The molecule has 96 valence electrons. The molecule has 0 aromatic carbocycles. The molecule has 0 spiro atoms. The highest BCUT2D eigenvalue weighted by Crippen LogP contribution is 2.18. The van der Waals surface area contributed by atoms with E-state index in [2.05, 4.69) is 12.2 Å². The zero-order valence-corrected chi connectivity index (χ0v) is 10.5. The van der Waals surface area contributed by atoms with Crippen LogP contribution in [0.2, 0.25) is 0 Å². The predicted octanol–water partition coefficient (Wildman–Crippen LogP) is 1.68. The van der Waals surface area contributed by atoms with Crippen LogP contribution in [-0.2, 0) is 0 Å². The second-order valence-corrected chi connectivity index (χ2v) is 5.01. The normalized spacial score (nSPS) is 28.7. The van der Waals surface area contributed by atoms with Gasteiger partial charge in [0.25, 0.3) is 0 Å². The lowest BCUT2D eigenvalue weighted by Crippen LogP contribution is -2.41. The smallest absolute Gasteiger partial charge is 0.0693 e. The maximum Gasteiger partial charge on any atom is 0.0693 e. The number of hydrogen-bond donors (Lipinski definition) is 3. The van der Waals surface area contributed by atoms with E-state index < -0.39 is 0 Å². The van der Waals surface area contributed by atoms with Gasteiger partial charge >= 0.3 is 0 Å². The average Bonchev–Trinajstić information content (AvgIpc) is 2.49. The number of aliphatic hydroxyl groups is 2. The molecule has 0 aromatic rings. The number of rotatable bonds is 6. The molecule has 3 heteroatoms. The van der Waals surface area contributed by atoms with Crippen LogP contribution in [0.3, 0.4) is 0 Å². The zero-order valence-electron chi connectivity index (χ0n) is 10.5. The van der Waals surface area contributed by atoms with Crippen LogP contribution in [0.25, 0.3) is 0 Å². The molecule has 3 atom stereocenters. The summed E-state index contributed by atoms with van der Waals surface area (Å²) in [6, 6.07) is 0.273. The average molecular weight is 229 g/mol. The first-order valence-electron chi connectivity index (χ1n) is 6.80. The first kappa shape index (κ1) is 13.9. The summed E-state index contributed by atoms with van der Waals surface area (Å²) in [5.74, 6) is 0.542. The fourth-order valence-electron chi connectivity index (χ4n) is 2.48. The van der Waals surface area contributed by atoms with E-state index in [1.54, 1.807) is 0 Å². The van der Waals surface area contributed by atoms with Crippen LogP contribution in [-0.4, -0.2) is 35.5 Å². The molecule has 16 heavy (non-hydrogen) atoms. The summed E-state index contributed by atoms with van der Waals surface area (Å²) in [6.45, 7) is 3.36. The Bertz CT molecular complexity index is 175. The van der Waals surface area contributed by atoms with Crippen molar-refractivity contribution in [1.29, 1.82) is 0 Å². The van der Waals surface area contributed by atoms with Gasteiger partial charge in [0.05, 0.1) is 6.10 Å². The molecule has 1 saturated carbocycles. The van der Waals surface area contributed by atoms with Gasteiger partial charge in [0, 0.05) is 12.6 Å².